The third kappa shape index (κ3) is 6.19. The van der Waals surface area contributed by atoms with Gasteiger partial charge in [-0.1, -0.05) is 0 Å². The van der Waals surface area contributed by atoms with E-state index in [0.29, 0.717) is 37.8 Å². The number of nitrogens with zero attached hydrogens (tertiary/aromatic N) is 3. The molecule has 152 valence electrons. The van der Waals surface area contributed by atoms with Crippen LogP contribution in [0.3, 0.4) is 0 Å². The molecule has 3 amide bonds. The minimum absolute atomic E-state index is 0.0642. The standard InChI is InChI=1S/C20H34N4O3/c25-18(21-8-4-12-23-11-3-5-19(23)26)16-22-13-6-17(7-14-22)15-20(27)24-9-1-2-10-24/h17H,1-16H2,(H,21,25). The fourth-order valence-electron chi connectivity index (χ4n) is 4.39. The van der Waals surface area contributed by atoms with Crippen molar-refractivity contribution in [2.45, 2.75) is 51.4 Å². The molecule has 0 aromatic carbocycles. The molecule has 7 nitrogen and oxygen atoms in total. The summed E-state index contributed by atoms with van der Waals surface area (Å²) < 4.78 is 0. The second-order valence-corrected chi connectivity index (χ2v) is 8.20. The molecule has 7 heteroatoms. The van der Waals surface area contributed by atoms with Crippen molar-refractivity contribution in [2.24, 2.45) is 5.92 Å². The van der Waals surface area contributed by atoms with Gasteiger partial charge in [-0.15, -0.1) is 0 Å². The lowest BCUT2D eigenvalue weighted by molar-refractivity contribution is -0.132. The first-order chi connectivity index (χ1) is 13.1. The van der Waals surface area contributed by atoms with Gasteiger partial charge in [-0.3, -0.25) is 19.3 Å². The highest BCUT2D eigenvalue weighted by Crippen LogP contribution is 2.22. The van der Waals surface area contributed by atoms with Crippen LogP contribution >= 0.6 is 0 Å². The van der Waals surface area contributed by atoms with Crippen LogP contribution in [0.25, 0.3) is 0 Å². The number of amides is 3. The quantitative estimate of drug-likeness (QED) is 0.635. The van der Waals surface area contributed by atoms with Gasteiger partial charge in [0.1, 0.15) is 0 Å². The summed E-state index contributed by atoms with van der Waals surface area (Å²) in [4.78, 5) is 42.0. The van der Waals surface area contributed by atoms with Crippen LogP contribution in [0.2, 0.25) is 0 Å². The Morgan fingerprint density at radius 3 is 2.41 bits per heavy atom. The van der Waals surface area contributed by atoms with Crippen LogP contribution in [0.15, 0.2) is 0 Å². The maximum atomic E-state index is 12.3. The van der Waals surface area contributed by atoms with E-state index in [4.69, 9.17) is 0 Å². The number of likely N-dealkylation sites (tertiary alicyclic amines) is 3. The summed E-state index contributed by atoms with van der Waals surface area (Å²) in [5, 5.41) is 2.97. The van der Waals surface area contributed by atoms with Gasteiger partial charge >= 0.3 is 0 Å². The molecule has 3 aliphatic heterocycles. The average molecular weight is 379 g/mol. The molecule has 27 heavy (non-hydrogen) atoms. The van der Waals surface area contributed by atoms with Crippen LogP contribution in [-0.4, -0.2) is 84.8 Å². The largest absolute Gasteiger partial charge is 0.355 e. The minimum atomic E-state index is 0.0642. The lowest BCUT2D eigenvalue weighted by Gasteiger charge is -2.31. The van der Waals surface area contributed by atoms with E-state index >= 15 is 0 Å². The third-order valence-electron chi connectivity index (χ3n) is 6.09. The van der Waals surface area contributed by atoms with Gasteiger partial charge in [0.2, 0.25) is 17.7 Å². The monoisotopic (exact) mass is 378 g/mol. The summed E-state index contributed by atoms with van der Waals surface area (Å²) in [6, 6.07) is 0. The Bertz CT molecular complexity index is 525. The molecule has 0 bridgehead atoms. The highest BCUT2D eigenvalue weighted by molar-refractivity contribution is 5.78. The molecule has 3 aliphatic rings. The Morgan fingerprint density at radius 2 is 1.74 bits per heavy atom. The fourth-order valence-corrected chi connectivity index (χ4v) is 4.39. The second kappa shape index (κ2) is 10.1. The maximum Gasteiger partial charge on any atom is 0.234 e. The van der Waals surface area contributed by atoms with Crippen molar-refractivity contribution in [3.63, 3.8) is 0 Å². The van der Waals surface area contributed by atoms with Crippen LogP contribution in [0.4, 0.5) is 0 Å². The van der Waals surface area contributed by atoms with E-state index in [1.54, 1.807) is 0 Å². The zero-order valence-electron chi connectivity index (χ0n) is 16.5. The van der Waals surface area contributed by atoms with E-state index in [1.807, 2.05) is 9.80 Å². The normalized spacial score (nSPS) is 21.9. The Morgan fingerprint density at radius 1 is 1.00 bits per heavy atom. The summed E-state index contributed by atoms with van der Waals surface area (Å²) in [6.45, 7) is 6.34. The number of carbonyl (C=O) groups is 3. The Labute approximate surface area is 162 Å². The van der Waals surface area contributed by atoms with Crippen LogP contribution in [0, 0.1) is 5.92 Å². The molecule has 0 aliphatic carbocycles. The third-order valence-corrected chi connectivity index (χ3v) is 6.09. The van der Waals surface area contributed by atoms with Gasteiger partial charge in [-0.2, -0.15) is 0 Å². The fraction of sp³-hybridized carbons (Fsp3) is 0.850. The molecule has 0 aromatic rings. The number of piperidine rings is 1. The average Bonchev–Trinajstić information content (AvgIpc) is 3.32. The van der Waals surface area contributed by atoms with E-state index in [0.717, 1.165) is 77.8 Å². The van der Waals surface area contributed by atoms with E-state index in [2.05, 4.69) is 10.2 Å². The highest BCUT2D eigenvalue weighted by Gasteiger charge is 2.26. The van der Waals surface area contributed by atoms with Gasteiger partial charge in [0.25, 0.3) is 0 Å². The van der Waals surface area contributed by atoms with E-state index < -0.39 is 0 Å². The van der Waals surface area contributed by atoms with Gasteiger partial charge in [0.15, 0.2) is 0 Å². The van der Waals surface area contributed by atoms with Crippen molar-refractivity contribution in [1.82, 2.24) is 20.0 Å². The van der Waals surface area contributed by atoms with Gasteiger partial charge in [-0.05, 0) is 57.5 Å². The first-order valence-corrected chi connectivity index (χ1v) is 10.7. The zero-order valence-corrected chi connectivity index (χ0v) is 16.5. The number of hydrogen-bond acceptors (Lipinski definition) is 4. The lowest BCUT2D eigenvalue weighted by atomic mass is 9.93. The van der Waals surface area contributed by atoms with Crippen LogP contribution in [0.5, 0.6) is 0 Å². The molecule has 0 atom stereocenters. The minimum Gasteiger partial charge on any atom is -0.355 e. The first kappa shape index (κ1) is 20.1. The summed E-state index contributed by atoms with van der Waals surface area (Å²) in [5.41, 5.74) is 0. The van der Waals surface area contributed by atoms with Crippen molar-refractivity contribution in [1.29, 1.82) is 0 Å². The van der Waals surface area contributed by atoms with Gasteiger partial charge in [0.05, 0.1) is 6.54 Å². The molecule has 0 saturated carbocycles. The molecule has 0 spiro atoms. The van der Waals surface area contributed by atoms with Crippen molar-refractivity contribution in [3.8, 4) is 0 Å². The van der Waals surface area contributed by atoms with Crippen molar-refractivity contribution in [3.05, 3.63) is 0 Å². The van der Waals surface area contributed by atoms with Crippen LogP contribution < -0.4 is 5.32 Å². The zero-order chi connectivity index (χ0) is 19.1. The molecule has 0 aromatic heterocycles. The van der Waals surface area contributed by atoms with Crippen molar-refractivity contribution < 1.29 is 14.4 Å². The summed E-state index contributed by atoms with van der Waals surface area (Å²) in [5.74, 6) is 1.09. The molecule has 1 N–H and O–H groups in total. The lowest BCUT2D eigenvalue weighted by Crippen LogP contribution is -2.42. The van der Waals surface area contributed by atoms with Crippen LogP contribution in [0.1, 0.15) is 51.4 Å². The first-order valence-electron chi connectivity index (χ1n) is 10.7. The summed E-state index contributed by atoms with van der Waals surface area (Å²) >= 11 is 0. The van der Waals surface area contributed by atoms with Gasteiger partial charge in [0, 0.05) is 45.6 Å². The Hall–Kier alpha value is -1.63. The highest BCUT2D eigenvalue weighted by atomic mass is 16.2. The number of rotatable bonds is 8. The molecule has 3 fully saturated rings. The maximum absolute atomic E-state index is 12.3. The SMILES string of the molecule is O=C(CN1CCC(CC(=O)N2CCCC2)CC1)NCCCN1CCCC1=O. The molecular weight excluding hydrogens is 344 g/mol. The van der Waals surface area contributed by atoms with E-state index in [-0.39, 0.29) is 11.8 Å². The molecule has 0 unspecified atom stereocenters. The predicted molar refractivity (Wildman–Crippen MR) is 103 cm³/mol. The smallest absolute Gasteiger partial charge is 0.234 e. The summed E-state index contributed by atoms with van der Waals surface area (Å²) in [6.07, 6.45) is 7.43. The Kier molecular flexibility index (Phi) is 7.50. The van der Waals surface area contributed by atoms with E-state index in [1.165, 1.54) is 0 Å². The predicted octanol–water partition coefficient (Wildman–Crippen LogP) is 0.840. The molecule has 3 saturated heterocycles. The number of carbonyl (C=O) groups excluding carboxylic acids is 3. The van der Waals surface area contributed by atoms with E-state index in [9.17, 15) is 14.4 Å². The van der Waals surface area contributed by atoms with Crippen molar-refractivity contribution in [2.75, 3.05) is 52.4 Å². The molecular formula is C20H34N4O3. The van der Waals surface area contributed by atoms with Crippen molar-refractivity contribution >= 4 is 17.7 Å². The summed E-state index contributed by atoms with van der Waals surface area (Å²) in [7, 11) is 0. The van der Waals surface area contributed by atoms with Gasteiger partial charge < -0.3 is 15.1 Å². The van der Waals surface area contributed by atoms with Gasteiger partial charge in [-0.25, -0.2) is 0 Å². The molecule has 3 rings (SSSR count). The number of nitrogens with one attached hydrogen (secondary N) is 1. The topological polar surface area (TPSA) is 73.0 Å². The molecule has 0 radical (unpaired) electrons. The number of hydrogen-bond donors (Lipinski definition) is 1. The second-order valence-electron chi connectivity index (χ2n) is 8.20. The molecule has 3 heterocycles. The van der Waals surface area contributed by atoms with Crippen LogP contribution in [-0.2, 0) is 14.4 Å². The Balaban J connectivity index is 1.24.